The van der Waals surface area contributed by atoms with Crippen molar-refractivity contribution in [2.45, 2.75) is 31.8 Å². The molecule has 0 radical (unpaired) electrons. The van der Waals surface area contributed by atoms with Crippen LogP contribution in [0.3, 0.4) is 0 Å². The number of nitrogens with zero attached hydrogens (tertiary/aromatic N) is 2. The van der Waals surface area contributed by atoms with Crippen LogP contribution in [0.1, 0.15) is 36.9 Å². The Bertz CT molecular complexity index is 921. The van der Waals surface area contributed by atoms with E-state index in [-0.39, 0.29) is 18.0 Å². The van der Waals surface area contributed by atoms with Gasteiger partial charge in [-0.3, -0.25) is 9.69 Å². The number of amides is 1. The van der Waals surface area contributed by atoms with Gasteiger partial charge in [0, 0.05) is 11.7 Å². The van der Waals surface area contributed by atoms with E-state index in [2.05, 4.69) is 22.4 Å². The summed E-state index contributed by atoms with van der Waals surface area (Å²) in [4.78, 5) is 15.1. The van der Waals surface area contributed by atoms with Crippen LogP contribution in [0.4, 0.5) is 5.69 Å². The fraction of sp³-hybridized carbons (Fsp3) is 0.364. The van der Waals surface area contributed by atoms with E-state index >= 15 is 0 Å². The lowest BCUT2D eigenvalue weighted by Gasteiger charge is -2.31. The molecule has 0 aromatic heterocycles. The summed E-state index contributed by atoms with van der Waals surface area (Å²) in [5, 5.41) is 12.0. The predicted octanol–water partition coefficient (Wildman–Crippen LogP) is 3.49. The Labute approximate surface area is 164 Å². The van der Waals surface area contributed by atoms with E-state index in [1.807, 2.05) is 19.1 Å². The topological polar surface area (TPSA) is 74.6 Å². The van der Waals surface area contributed by atoms with Crippen molar-refractivity contribution in [3.05, 3.63) is 53.6 Å². The van der Waals surface area contributed by atoms with E-state index in [0.717, 1.165) is 36.4 Å². The lowest BCUT2D eigenvalue weighted by Crippen LogP contribution is -2.41. The number of hydrogen-bond acceptors (Lipinski definition) is 5. The smallest absolute Gasteiger partial charge is 0.241 e. The van der Waals surface area contributed by atoms with Crippen molar-refractivity contribution in [3.8, 4) is 17.6 Å². The molecule has 28 heavy (non-hydrogen) atoms. The number of carbonyl (C=O) groups excluding carboxylic acids is 1. The van der Waals surface area contributed by atoms with Crippen molar-refractivity contribution < 1.29 is 14.3 Å². The Morgan fingerprint density at radius 3 is 2.86 bits per heavy atom. The second kappa shape index (κ2) is 7.91. The van der Waals surface area contributed by atoms with Gasteiger partial charge in [-0.2, -0.15) is 5.26 Å². The molecule has 1 amide bonds. The molecule has 1 fully saturated rings. The van der Waals surface area contributed by atoms with Gasteiger partial charge in [0.15, 0.2) is 11.5 Å². The van der Waals surface area contributed by atoms with Crippen LogP contribution in [0.2, 0.25) is 0 Å². The minimum Gasteiger partial charge on any atom is -0.486 e. The molecule has 2 aromatic carbocycles. The predicted molar refractivity (Wildman–Crippen MR) is 105 cm³/mol. The first kappa shape index (κ1) is 18.3. The zero-order valence-electron chi connectivity index (χ0n) is 15.9. The summed E-state index contributed by atoms with van der Waals surface area (Å²) in [6.07, 6.45) is 2.04. The lowest BCUT2D eigenvalue weighted by atomic mass is 10.0. The fourth-order valence-corrected chi connectivity index (χ4v) is 3.94. The highest BCUT2D eigenvalue weighted by Gasteiger charge is 2.33. The molecule has 0 spiro atoms. The van der Waals surface area contributed by atoms with E-state index in [4.69, 9.17) is 14.7 Å². The molecule has 6 heteroatoms. The zero-order chi connectivity index (χ0) is 19.5. The minimum absolute atomic E-state index is 0.0699. The third-order valence-corrected chi connectivity index (χ3v) is 5.38. The number of hydrogen-bond donors (Lipinski definition) is 1. The lowest BCUT2D eigenvalue weighted by molar-refractivity contribution is -0.121. The maximum Gasteiger partial charge on any atom is 0.241 e. The SMILES string of the molecule is CC(C(=O)Nc1cccc(C#N)c1)N1CCCC1c1ccc2c(c1)OCCO2. The molecule has 1 saturated heterocycles. The van der Waals surface area contributed by atoms with E-state index in [9.17, 15) is 4.79 Å². The summed E-state index contributed by atoms with van der Waals surface area (Å²) in [7, 11) is 0. The van der Waals surface area contributed by atoms with Crippen LogP contribution in [0.15, 0.2) is 42.5 Å². The standard InChI is InChI=1S/C22H23N3O3/c1-15(22(26)24-18-5-2-4-16(12-18)14-23)25-9-3-6-19(25)17-7-8-20-21(13-17)28-11-10-27-20/h2,4-5,7-8,12-13,15,19H,3,6,9-11H2,1H3,(H,24,26). The molecule has 2 heterocycles. The number of benzene rings is 2. The Morgan fingerprint density at radius 2 is 2.04 bits per heavy atom. The summed E-state index contributed by atoms with van der Waals surface area (Å²) >= 11 is 0. The number of nitrogens with one attached hydrogen (secondary N) is 1. The monoisotopic (exact) mass is 377 g/mol. The average molecular weight is 377 g/mol. The molecule has 2 unspecified atom stereocenters. The van der Waals surface area contributed by atoms with Crippen LogP contribution in [0, 0.1) is 11.3 Å². The number of ether oxygens (including phenoxy) is 2. The first-order valence-corrected chi connectivity index (χ1v) is 9.62. The third kappa shape index (κ3) is 3.67. The Morgan fingerprint density at radius 1 is 1.21 bits per heavy atom. The zero-order valence-corrected chi connectivity index (χ0v) is 15.9. The molecule has 1 N–H and O–H groups in total. The van der Waals surface area contributed by atoms with Crippen molar-refractivity contribution in [2.24, 2.45) is 0 Å². The van der Waals surface area contributed by atoms with E-state index in [0.29, 0.717) is 24.5 Å². The number of fused-ring (bicyclic) bond motifs is 1. The molecule has 6 nitrogen and oxygen atoms in total. The Kier molecular flexibility index (Phi) is 5.18. The highest BCUT2D eigenvalue weighted by Crippen LogP contribution is 2.39. The van der Waals surface area contributed by atoms with Gasteiger partial charge >= 0.3 is 0 Å². The van der Waals surface area contributed by atoms with Gasteiger partial charge in [-0.25, -0.2) is 0 Å². The summed E-state index contributed by atoms with van der Waals surface area (Å²) < 4.78 is 11.3. The van der Waals surface area contributed by atoms with Crippen molar-refractivity contribution in [1.82, 2.24) is 4.90 Å². The van der Waals surface area contributed by atoms with Crippen molar-refractivity contribution in [1.29, 1.82) is 5.26 Å². The number of carbonyl (C=O) groups is 1. The highest BCUT2D eigenvalue weighted by molar-refractivity contribution is 5.94. The molecular weight excluding hydrogens is 354 g/mol. The number of anilines is 1. The first-order valence-electron chi connectivity index (χ1n) is 9.62. The number of nitriles is 1. The fourth-order valence-electron chi connectivity index (χ4n) is 3.94. The van der Waals surface area contributed by atoms with Crippen molar-refractivity contribution in [3.63, 3.8) is 0 Å². The second-order valence-corrected chi connectivity index (χ2v) is 7.16. The Balaban J connectivity index is 1.49. The minimum atomic E-state index is -0.286. The van der Waals surface area contributed by atoms with E-state index in [1.165, 1.54) is 0 Å². The molecular formula is C22H23N3O3. The molecule has 0 aliphatic carbocycles. The summed E-state index contributed by atoms with van der Waals surface area (Å²) in [5.41, 5.74) is 2.32. The van der Waals surface area contributed by atoms with Crippen LogP contribution in [0.5, 0.6) is 11.5 Å². The average Bonchev–Trinajstić information content (AvgIpc) is 3.22. The molecule has 0 saturated carbocycles. The van der Waals surface area contributed by atoms with Gasteiger partial charge in [0.05, 0.1) is 17.7 Å². The van der Waals surface area contributed by atoms with E-state index < -0.39 is 0 Å². The molecule has 2 atom stereocenters. The summed E-state index contributed by atoms with van der Waals surface area (Å²) in [5.74, 6) is 1.49. The summed E-state index contributed by atoms with van der Waals surface area (Å²) in [6, 6.07) is 15.0. The van der Waals surface area contributed by atoms with Gasteiger partial charge in [0.2, 0.25) is 5.91 Å². The second-order valence-electron chi connectivity index (χ2n) is 7.16. The van der Waals surface area contributed by atoms with Crippen LogP contribution in [-0.2, 0) is 4.79 Å². The van der Waals surface area contributed by atoms with Crippen molar-refractivity contribution in [2.75, 3.05) is 25.1 Å². The molecule has 144 valence electrons. The van der Waals surface area contributed by atoms with Gasteiger partial charge in [-0.15, -0.1) is 0 Å². The van der Waals surface area contributed by atoms with Gasteiger partial charge < -0.3 is 14.8 Å². The maximum absolute atomic E-state index is 12.8. The van der Waals surface area contributed by atoms with Gasteiger partial charge in [0.25, 0.3) is 0 Å². The van der Waals surface area contributed by atoms with Gasteiger partial charge in [-0.05, 0) is 62.2 Å². The van der Waals surface area contributed by atoms with Gasteiger partial charge in [0.1, 0.15) is 13.2 Å². The quantitative estimate of drug-likeness (QED) is 0.883. The van der Waals surface area contributed by atoms with Crippen LogP contribution in [-0.4, -0.2) is 36.6 Å². The van der Waals surface area contributed by atoms with Crippen molar-refractivity contribution >= 4 is 11.6 Å². The third-order valence-electron chi connectivity index (χ3n) is 5.38. The van der Waals surface area contributed by atoms with Gasteiger partial charge in [-0.1, -0.05) is 12.1 Å². The summed E-state index contributed by atoms with van der Waals surface area (Å²) in [6.45, 7) is 3.93. The number of likely N-dealkylation sites (tertiary alicyclic amines) is 1. The van der Waals surface area contributed by atoms with E-state index in [1.54, 1.807) is 24.3 Å². The molecule has 0 bridgehead atoms. The molecule has 2 aliphatic rings. The Hall–Kier alpha value is -3.04. The highest BCUT2D eigenvalue weighted by atomic mass is 16.6. The normalized spacial score (nSPS) is 19.6. The van der Waals surface area contributed by atoms with Crippen LogP contribution >= 0.6 is 0 Å². The first-order chi connectivity index (χ1) is 13.7. The van der Waals surface area contributed by atoms with Crippen LogP contribution in [0.25, 0.3) is 0 Å². The number of rotatable bonds is 4. The largest absolute Gasteiger partial charge is 0.486 e. The maximum atomic E-state index is 12.8. The molecule has 2 aliphatic heterocycles. The molecule has 2 aromatic rings. The molecule has 4 rings (SSSR count). The van der Waals surface area contributed by atoms with Crippen LogP contribution < -0.4 is 14.8 Å².